The van der Waals surface area contributed by atoms with Crippen LogP contribution in [0.25, 0.3) is 10.9 Å². The lowest BCUT2D eigenvalue weighted by molar-refractivity contribution is -0.383. The van der Waals surface area contributed by atoms with Gasteiger partial charge in [0, 0.05) is 23.5 Å². The van der Waals surface area contributed by atoms with Gasteiger partial charge in [0.25, 0.3) is 5.69 Å². The lowest BCUT2D eigenvalue weighted by Crippen LogP contribution is -2.19. The topological polar surface area (TPSA) is 90.2 Å². The van der Waals surface area contributed by atoms with E-state index in [0.29, 0.717) is 6.42 Å². The molecule has 8 heteroatoms. The van der Waals surface area contributed by atoms with Crippen LogP contribution in [-0.4, -0.2) is 29.5 Å². The maximum absolute atomic E-state index is 12.6. The summed E-state index contributed by atoms with van der Waals surface area (Å²) in [5, 5.41) is 10.6. The largest absolute Gasteiger partial charge is 0.295 e. The lowest BCUT2D eigenvalue weighted by atomic mass is 10.2. The van der Waals surface area contributed by atoms with Crippen molar-refractivity contribution in [2.75, 3.05) is 5.88 Å². The number of hydrogen-bond acceptors (Lipinski definition) is 5. The molecule has 2 rings (SSSR count). The molecule has 1 atom stereocenters. The van der Waals surface area contributed by atoms with Gasteiger partial charge in [0.15, 0.2) is 9.84 Å². The van der Waals surface area contributed by atoms with Crippen LogP contribution < -0.4 is 0 Å². The molecule has 0 aliphatic heterocycles. The summed E-state index contributed by atoms with van der Waals surface area (Å²) in [5.74, 6) is 0.226. The molecule has 1 aromatic heterocycles. The van der Waals surface area contributed by atoms with Crippen LogP contribution in [0.15, 0.2) is 35.4 Å². The summed E-state index contributed by atoms with van der Waals surface area (Å²) in [4.78, 5) is 14.4. The molecule has 0 spiro atoms. The molecule has 1 heterocycles. The summed E-state index contributed by atoms with van der Waals surface area (Å²) in [5.41, 5.74) is -0.142. The van der Waals surface area contributed by atoms with Crippen molar-refractivity contribution in [2.45, 2.75) is 23.5 Å². The van der Waals surface area contributed by atoms with E-state index in [1.807, 2.05) is 0 Å². The van der Waals surface area contributed by atoms with Gasteiger partial charge in [0.2, 0.25) is 0 Å². The van der Waals surface area contributed by atoms with Crippen molar-refractivity contribution in [1.82, 2.24) is 4.98 Å². The quantitative estimate of drug-likeness (QED) is 0.478. The second-order valence-electron chi connectivity index (χ2n) is 4.57. The minimum absolute atomic E-state index is 0.0498. The molecule has 112 valence electrons. The minimum atomic E-state index is -3.62. The molecular weight excluding hydrogens is 316 g/mol. The van der Waals surface area contributed by atoms with Crippen LogP contribution >= 0.6 is 11.6 Å². The monoisotopic (exact) mass is 328 g/mol. The van der Waals surface area contributed by atoms with Crippen LogP contribution in [0.1, 0.15) is 13.3 Å². The number of nitro benzene ring substituents is 1. The van der Waals surface area contributed by atoms with Gasteiger partial charge in [-0.2, -0.15) is 0 Å². The van der Waals surface area contributed by atoms with E-state index in [0.717, 1.165) is 0 Å². The third kappa shape index (κ3) is 2.84. The maximum atomic E-state index is 12.6. The van der Waals surface area contributed by atoms with Crippen molar-refractivity contribution in [3.05, 3.63) is 40.6 Å². The van der Waals surface area contributed by atoms with Gasteiger partial charge in [0.1, 0.15) is 5.52 Å². The predicted molar refractivity (Wildman–Crippen MR) is 80.4 cm³/mol. The Labute approximate surface area is 126 Å². The number of nitro groups is 1. The number of fused-ring (bicyclic) bond motifs is 1. The Balaban J connectivity index is 2.72. The summed E-state index contributed by atoms with van der Waals surface area (Å²) in [6.45, 7) is 1.57. The molecule has 0 radical (unpaired) electrons. The number of halogens is 1. The zero-order chi connectivity index (χ0) is 15.6. The molecule has 0 bridgehead atoms. The first-order valence-corrected chi connectivity index (χ1v) is 8.29. The van der Waals surface area contributed by atoms with E-state index in [4.69, 9.17) is 11.6 Å². The first-order chi connectivity index (χ1) is 9.89. The van der Waals surface area contributed by atoms with Crippen molar-refractivity contribution in [1.29, 1.82) is 0 Å². The SMILES string of the molecule is CC(CCCl)S(=O)(=O)c1ccnc2c([N+](=O)[O-])cccc12. The molecule has 1 unspecified atom stereocenters. The van der Waals surface area contributed by atoms with E-state index in [-0.39, 0.29) is 27.4 Å². The van der Waals surface area contributed by atoms with E-state index < -0.39 is 20.0 Å². The van der Waals surface area contributed by atoms with Crippen molar-refractivity contribution in [3.8, 4) is 0 Å². The third-order valence-electron chi connectivity index (χ3n) is 3.26. The highest BCUT2D eigenvalue weighted by Crippen LogP contribution is 2.30. The Hall–Kier alpha value is -1.73. The zero-order valence-corrected chi connectivity index (χ0v) is 12.8. The van der Waals surface area contributed by atoms with Gasteiger partial charge in [-0.25, -0.2) is 13.4 Å². The number of alkyl halides is 1. The van der Waals surface area contributed by atoms with Gasteiger partial charge in [-0.3, -0.25) is 10.1 Å². The second kappa shape index (κ2) is 5.95. The number of para-hydroxylation sites is 1. The van der Waals surface area contributed by atoms with E-state index in [9.17, 15) is 18.5 Å². The standard InChI is InChI=1S/C13H13ClN2O4S/c1-9(5-7-14)21(19,20)12-6-8-15-13-10(12)3-2-4-11(13)16(17)18/h2-4,6,8-9H,5,7H2,1H3. The number of rotatable bonds is 5. The van der Waals surface area contributed by atoms with Crippen LogP contribution in [-0.2, 0) is 9.84 Å². The van der Waals surface area contributed by atoms with Gasteiger partial charge in [-0.1, -0.05) is 12.1 Å². The molecular formula is C13H13ClN2O4S. The van der Waals surface area contributed by atoms with E-state index in [2.05, 4.69) is 4.98 Å². The highest BCUT2D eigenvalue weighted by molar-refractivity contribution is 7.92. The fourth-order valence-electron chi connectivity index (χ4n) is 2.06. The molecule has 1 aromatic carbocycles. The van der Waals surface area contributed by atoms with Gasteiger partial charge >= 0.3 is 0 Å². The van der Waals surface area contributed by atoms with Gasteiger partial charge < -0.3 is 0 Å². The molecule has 0 N–H and O–H groups in total. The van der Waals surface area contributed by atoms with Gasteiger partial charge in [-0.15, -0.1) is 11.6 Å². The van der Waals surface area contributed by atoms with E-state index >= 15 is 0 Å². The Morgan fingerprint density at radius 2 is 2.10 bits per heavy atom. The second-order valence-corrected chi connectivity index (χ2v) is 7.29. The zero-order valence-electron chi connectivity index (χ0n) is 11.2. The van der Waals surface area contributed by atoms with Crippen LogP contribution in [0.4, 0.5) is 5.69 Å². The Morgan fingerprint density at radius 1 is 1.38 bits per heavy atom. The Morgan fingerprint density at radius 3 is 2.71 bits per heavy atom. The van der Waals surface area contributed by atoms with Gasteiger partial charge in [-0.05, 0) is 19.4 Å². The molecule has 2 aromatic rings. The van der Waals surface area contributed by atoms with Crippen molar-refractivity contribution < 1.29 is 13.3 Å². The molecule has 6 nitrogen and oxygen atoms in total. The van der Waals surface area contributed by atoms with Crippen molar-refractivity contribution in [3.63, 3.8) is 0 Å². The fourth-order valence-corrected chi connectivity index (χ4v) is 4.10. The predicted octanol–water partition coefficient (Wildman–Crippen LogP) is 2.93. The number of nitrogens with zero attached hydrogens (tertiary/aromatic N) is 2. The highest BCUT2D eigenvalue weighted by Gasteiger charge is 2.26. The highest BCUT2D eigenvalue weighted by atomic mass is 35.5. The van der Waals surface area contributed by atoms with Crippen molar-refractivity contribution in [2.24, 2.45) is 0 Å². The number of hydrogen-bond donors (Lipinski definition) is 0. The summed E-state index contributed by atoms with van der Waals surface area (Å²) >= 11 is 5.61. The van der Waals surface area contributed by atoms with E-state index in [1.54, 1.807) is 6.92 Å². The normalized spacial score (nSPS) is 13.2. The Kier molecular flexibility index (Phi) is 4.43. The summed E-state index contributed by atoms with van der Waals surface area (Å²) in [6.07, 6.45) is 1.58. The number of non-ortho nitro benzene ring substituents is 1. The van der Waals surface area contributed by atoms with Crippen molar-refractivity contribution >= 4 is 38.0 Å². The molecule has 0 saturated carbocycles. The first-order valence-electron chi connectivity index (χ1n) is 6.21. The number of sulfone groups is 1. The fraction of sp³-hybridized carbons (Fsp3) is 0.308. The summed E-state index contributed by atoms with van der Waals surface area (Å²) < 4.78 is 25.1. The number of aromatic nitrogens is 1. The van der Waals surface area contributed by atoms with Crippen LogP contribution in [0.5, 0.6) is 0 Å². The smallest absolute Gasteiger partial charge is 0.258 e. The number of pyridine rings is 1. The van der Waals surface area contributed by atoms with Crippen LogP contribution in [0.3, 0.4) is 0 Å². The molecule has 0 saturated heterocycles. The Bertz CT molecular complexity index is 792. The first kappa shape index (κ1) is 15.7. The molecule has 0 aliphatic carbocycles. The van der Waals surface area contributed by atoms with E-state index in [1.165, 1.54) is 30.5 Å². The molecule has 0 aliphatic rings. The molecule has 21 heavy (non-hydrogen) atoms. The molecule has 0 fully saturated rings. The summed E-state index contributed by atoms with van der Waals surface area (Å²) in [6, 6.07) is 5.64. The average molecular weight is 329 g/mol. The lowest BCUT2D eigenvalue weighted by Gasteiger charge is -2.13. The molecule has 0 amide bonds. The minimum Gasteiger partial charge on any atom is -0.258 e. The number of benzene rings is 1. The van der Waals surface area contributed by atoms with Gasteiger partial charge in [0.05, 0.1) is 15.1 Å². The van der Waals surface area contributed by atoms with Crippen LogP contribution in [0.2, 0.25) is 0 Å². The average Bonchev–Trinajstić information content (AvgIpc) is 2.45. The summed E-state index contributed by atoms with van der Waals surface area (Å²) in [7, 11) is -3.62. The maximum Gasteiger partial charge on any atom is 0.295 e. The van der Waals surface area contributed by atoms with Crippen LogP contribution in [0, 0.1) is 10.1 Å². The third-order valence-corrected chi connectivity index (χ3v) is 5.74.